The predicted molar refractivity (Wildman–Crippen MR) is 87.4 cm³/mol. The third-order valence-electron chi connectivity index (χ3n) is 5.05. The van der Waals surface area contributed by atoms with Gasteiger partial charge in [-0.05, 0) is 36.5 Å². The number of carbonyl (C=O) groups excluding carboxylic acids is 1. The minimum Gasteiger partial charge on any atom is -0.481 e. The highest BCUT2D eigenvalue weighted by Crippen LogP contribution is 2.48. The van der Waals surface area contributed by atoms with E-state index in [-0.39, 0.29) is 17.7 Å². The van der Waals surface area contributed by atoms with Gasteiger partial charge in [0.1, 0.15) is 5.52 Å². The monoisotopic (exact) mass is 326 g/mol. The zero-order valence-electron chi connectivity index (χ0n) is 13.2. The molecule has 6 heteroatoms. The van der Waals surface area contributed by atoms with Crippen molar-refractivity contribution < 1.29 is 19.1 Å². The number of carbonyl (C=O) groups is 2. The van der Waals surface area contributed by atoms with E-state index < -0.39 is 17.8 Å². The van der Waals surface area contributed by atoms with Crippen LogP contribution in [0.2, 0.25) is 0 Å². The molecule has 1 saturated carbocycles. The van der Waals surface area contributed by atoms with E-state index in [9.17, 15) is 14.7 Å². The quantitative estimate of drug-likeness (QED) is 0.843. The van der Waals surface area contributed by atoms with Crippen molar-refractivity contribution >= 4 is 28.7 Å². The van der Waals surface area contributed by atoms with Crippen LogP contribution in [0.15, 0.2) is 34.8 Å². The van der Waals surface area contributed by atoms with E-state index in [1.165, 1.54) is 0 Å². The average Bonchev–Trinajstić information content (AvgIpc) is 3.26. The molecule has 0 spiro atoms. The van der Waals surface area contributed by atoms with Gasteiger partial charge in [-0.1, -0.05) is 19.1 Å². The van der Waals surface area contributed by atoms with Crippen molar-refractivity contribution in [2.45, 2.75) is 19.8 Å². The maximum atomic E-state index is 12.7. The van der Waals surface area contributed by atoms with Crippen LogP contribution in [0.25, 0.3) is 11.1 Å². The van der Waals surface area contributed by atoms with Gasteiger partial charge in [0.05, 0.1) is 11.8 Å². The molecule has 124 valence electrons. The van der Waals surface area contributed by atoms with Crippen molar-refractivity contribution in [1.82, 2.24) is 4.98 Å². The highest BCUT2D eigenvalue weighted by atomic mass is 16.4. The van der Waals surface area contributed by atoms with Crippen LogP contribution in [0, 0.1) is 23.7 Å². The molecule has 24 heavy (non-hydrogen) atoms. The van der Waals surface area contributed by atoms with Gasteiger partial charge in [0.25, 0.3) is 0 Å². The van der Waals surface area contributed by atoms with Crippen LogP contribution < -0.4 is 5.32 Å². The molecule has 2 aliphatic carbocycles. The van der Waals surface area contributed by atoms with Gasteiger partial charge in [0.15, 0.2) is 11.5 Å². The van der Waals surface area contributed by atoms with Gasteiger partial charge in [0, 0.05) is 12.1 Å². The number of nitrogens with one attached hydrogen (secondary N) is 1. The zero-order chi connectivity index (χ0) is 16.8. The number of allylic oxidation sites excluding steroid dienone is 2. The lowest BCUT2D eigenvalue weighted by Gasteiger charge is -2.23. The molecule has 2 aliphatic rings. The number of aliphatic carboxylic acids is 1. The van der Waals surface area contributed by atoms with E-state index in [2.05, 4.69) is 10.3 Å². The summed E-state index contributed by atoms with van der Waals surface area (Å²) in [6, 6.07) is 5.28. The second kappa shape index (κ2) is 5.47. The number of rotatable bonds is 4. The molecule has 6 nitrogen and oxygen atoms in total. The van der Waals surface area contributed by atoms with Crippen molar-refractivity contribution in [2.24, 2.45) is 23.7 Å². The molecule has 2 N–H and O–H groups in total. The molecule has 4 rings (SSSR count). The van der Waals surface area contributed by atoms with Crippen molar-refractivity contribution in [2.75, 3.05) is 5.32 Å². The van der Waals surface area contributed by atoms with E-state index in [4.69, 9.17) is 4.42 Å². The van der Waals surface area contributed by atoms with Gasteiger partial charge in [-0.25, -0.2) is 4.98 Å². The van der Waals surface area contributed by atoms with E-state index in [1.807, 2.05) is 19.1 Å². The summed E-state index contributed by atoms with van der Waals surface area (Å²) in [6.45, 7) is 1.96. The SMILES string of the molecule is CCc1nc2cc(NC(=O)[C@@H]3[C@H](C(=O)O)[C@H]4C=C[C@H]3C4)ccc2o1. The Bertz CT molecular complexity index is 854. The summed E-state index contributed by atoms with van der Waals surface area (Å²) in [4.78, 5) is 28.6. The fraction of sp³-hybridized carbons (Fsp3) is 0.389. The molecule has 0 saturated heterocycles. The number of amides is 1. The Balaban J connectivity index is 1.57. The second-order valence-corrected chi connectivity index (χ2v) is 6.47. The molecular weight excluding hydrogens is 308 g/mol. The summed E-state index contributed by atoms with van der Waals surface area (Å²) in [5.74, 6) is -1.66. The van der Waals surface area contributed by atoms with Crippen LogP contribution in [0.5, 0.6) is 0 Å². The highest BCUT2D eigenvalue weighted by Gasteiger charge is 2.51. The molecule has 0 unspecified atom stereocenters. The van der Waals surface area contributed by atoms with Crippen LogP contribution in [-0.4, -0.2) is 22.0 Å². The zero-order valence-corrected chi connectivity index (χ0v) is 13.2. The smallest absolute Gasteiger partial charge is 0.307 e. The summed E-state index contributed by atoms with van der Waals surface area (Å²) in [7, 11) is 0. The lowest BCUT2D eigenvalue weighted by Crippen LogP contribution is -2.36. The second-order valence-electron chi connectivity index (χ2n) is 6.47. The molecule has 1 heterocycles. The Labute approximate surface area is 138 Å². The van der Waals surface area contributed by atoms with Crippen molar-refractivity contribution in [3.8, 4) is 0 Å². The van der Waals surface area contributed by atoms with Gasteiger partial charge in [-0.3, -0.25) is 9.59 Å². The summed E-state index contributed by atoms with van der Waals surface area (Å²) in [5.41, 5.74) is 1.97. The molecule has 2 bridgehead atoms. The maximum absolute atomic E-state index is 12.7. The number of nitrogens with zero attached hydrogens (tertiary/aromatic N) is 1. The normalized spacial score (nSPS) is 27.7. The first-order chi connectivity index (χ1) is 11.6. The number of hydrogen-bond donors (Lipinski definition) is 2. The number of carboxylic acid groups (broad SMARTS) is 1. The number of oxazole rings is 1. The van der Waals surface area contributed by atoms with Gasteiger partial charge in [-0.2, -0.15) is 0 Å². The van der Waals surface area contributed by atoms with E-state index in [0.29, 0.717) is 29.1 Å². The summed E-state index contributed by atoms with van der Waals surface area (Å²) in [6.07, 6.45) is 5.36. The first kappa shape index (κ1) is 14.9. The molecule has 1 aromatic carbocycles. The largest absolute Gasteiger partial charge is 0.481 e. The lowest BCUT2D eigenvalue weighted by atomic mass is 9.82. The van der Waals surface area contributed by atoms with Crippen LogP contribution in [0.1, 0.15) is 19.2 Å². The molecule has 1 fully saturated rings. The van der Waals surface area contributed by atoms with Crippen LogP contribution >= 0.6 is 0 Å². The maximum Gasteiger partial charge on any atom is 0.307 e. The average molecular weight is 326 g/mol. The standard InChI is InChI=1S/C18H18N2O4/c1-2-14-20-12-8-11(5-6-13(12)24-14)19-17(21)15-9-3-4-10(7-9)16(15)18(22)23/h3-6,8-10,15-16H,2,7H2,1H3,(H,19,21)(H,22,23)/t9-,10-,15-,16+/m0/s1. The summed E-state index contributed by atoms with van der Waals surface area (Å²) in [5, 5.41) is 12.3. The fourth-order valence-corrected chi connectivity index (χ4v) is 3.95. The number of fused-ring (bicyclic) bond motifs is 3. The topological polar surface area (TPSA) is 92.4 Å². The minimum atomic E-state index is -0.897. The number of carboxylic acids is 1. The molecule has 2 aromatic rings. The summed E-state index contributed by atoms with van der Waals surface area (Å²) < 4.78 is 5.56. The van der Waals surface area contributed by atoms with Crippen LogP contribution in [0.4, 0.5) is 5.69 Å². The molecular formula is C18H18N2O4. The predicted octanol–water partition coefficient (Wildman–Crippen LogP) is 2.85. The lowest BCUT2D eigenvalue weighted by molar-refractivity contribution is -0.146. The Morgan fingerprint density at radius 2 is 2.04 bits per heavy atom. The van der Waals surface area contributed by atoms with E-state index >= 15 is 0 Å². The molecule has 1 amide bonds. The van der Waals surface area contributed by atoms with Crippen molar-refractivity contribution in [3.05, 3.63) is 36.2 Å². The number of anilines is 1. The first-order valence-corrected chi connectivity index (χ1v) is 8.18. The van der Waals surface area contributed by atoms with E-state index in [1.54, 1.807) is 18.2 Å². The van der Waals surface area contributed by atoms with Gasteiger partial charge < -0.3 is 14.8 Å². The molecule has 0 aliphatic heterocycles. The fourth-order valence-electron chi connectivity index (χ4n) is 3.95. The van der Waals surface area contributed by atoms with E-state index in [0.717, 1.165) is 6.42 Å². The number of hydrogen-bond acceptors (Lipinski definition) is 4. The van der Waals surface area contributed by atoms with Crippen LogP contribution in [0.3, 0.4) is 0 Å². The number of aromatic nitrogens is 1. The highest BCUT2D eigenvalue weighted by molar-refractivity contribution is 5.97. The number of benzene rings is 1. The Hall–Kier alpha value is -2.63. The summed E-state index contributed by atoms with van der Waals surface area (Å²) >= 11 is 0. The Morgan fingerprint density at radius 3 is 2.75 bits per heavy atom. The van der Waals surface area contributed by atoms with Gasteiger partial charge in [-0.15, -0.1) is 0 Å². The first-order valence-electron chi connectivity index (χ1n) is 8.18. The Morgan fingerprint density at radius 1 is 1.29 bits per heavy atom. The number of aryl methyl sites for hydroxylation is 1. The third kappa shape index (κ3) is 2.29. The van der Waals surface area contributed by atoms with Gasteiger partial charge >= 0.3 is 5.97 Å². The van der Waals surface area contributed by atoms with Crippen molar-refractivity contribution in [1.29, 1.82) is 0 Å². The van der Waals surface area contributed by atoms with Crippen LogP contribution in [-0.2, 0) is 16.0 Å². The molecule has 4 atom stereocenters. The molecule has 1 aromatic heterocycles. The minimum absolute atomic E-state index is 0.0126. The third-order valence-corrected chi connectivity index (χ3v) is 5.05. The Kier molecular flexibility index (Phi) is 3.40. The van der Waals surface area contributed by atoms with Crippen molar-refractivity contribution in [3.63, 3.8) is 0 Å². The van der Waals surface area contributed by atoms with Gasteiger partial charge in [0.2, 0.25) is 5.91 Å². The molecule has 0 radical (unpaired) electrons.